The van der Waals surface area contributed by atoms with Crippen molar-refractivity contribution in [3.63, 3.8) is 0 Å². The number of alkyl halides is 1. The minimum Gasteiger partial charge on any atom is -0.0893 e. The monoisotopic (exact) mass is 343 g/mol. The molecular weight excluding hydrogens is 318 g/mol. The van der Waals surface area contributed by atoms with Crippen LogP contribution in [-0.2, 0) is 0 Å². The van der Waals surface area contributed by atoms with Crippen LogP contribution in [0, 0.1) is 5.41 Å². The van der Waals surface area contributed by atoms with Crippen molar-refractivity contribution >= 4 is 29.9 Å². The summed E-state index contributed by atoms with van der Waals surface area (Å²) in [7, 11) is 2.67. The van der Waals surface area contributed by atoms with Crippen molar-refractivity contribution in [3.05, 3.63) is 11.6 Å². The molecule has 0 heterocycles. The second-order valence-corrected chi connectivity index (χ2v) is 9.65. The summed E-state index contributed by atoms with van der Waals surface area (Å²) < 4.78 is 0.294. The lowest BCUT2D eigenvalue weighted by atomic mass is 9.31. The normalized spacial score (nSPS) is 38.3. The maximum Gasteiger partial charge on any atom is 0.145 e. The van der Waals surface area contributed by atoms with Gasteiger partial charge in [0, 0.05) is 0 Å². The fraction of sp³-hybridized carbons (Fsp3) is 0.867. The van der Waals surface area contributed by atoms with Gasteiger partial charge in [0.2, 0.25) is 0 Å². The van der Waals surface area contributed by atoms with E-state index < -0.39 is 0 Å². The Morgan fingerprint density at radius 2 is 1.88 bits per heavy atom. The maximum absolute atomic E-state index is 2.67. The Bertz CT molecular complexity index is 328. The van der Waals surface area contributed by atoms with Crippen LogP contribution in [-0.4, -0.2) is 10.6 Å². The molecular formula is C15H25BI. The highest BCUT2D eigenvalue weighted by molar-refractivity contribution is 14.1. The second kappa shape index (κ2) is 4.57. The van der Waals surface area contributed by atoms with Crippen LogP contribution in [0.2, 0.25) is 5.31 Å². The molecule has 95 valence electrons. The summed E-state index contributed by atoms with van der Waals surface area (Å²) in [6, 6.07) is 0. The average Bonchev–Trinajstić information content (AvgIpc) is 2.18. The third-order valence-electron chi connectivity index (χ3n) is 5.07. The van der Waals surface area contributed by atoms with E-state index in [2.05, 4.69) is 63.6 Å². The zero-order valence-electron chi connectivity index (χ0n) is 11.8. The molecule has 1 unspecified atom stereocenters. The van der Waals surface area contributed by atoms with Gasteiger partial charge in [-0.05, 0) is 40.2 Å². The fourth-order valence-electron chi connectivity index (χ4n) is 4.20. The second-order valence-electron chi connectivity index (χ2n) is 6.87. The van der Waals surface area contributed by atoms with E-state index in [1.54, 1.807) is 5.57 Å². The van der Waals surface area contributed by atoms with Crippen LogP contribution >= 0.6 is 22.6 Å². The summed E-state index contributed by atoms with van der Waals surface area (Å²) in [4.78, 5) is 0. The van der Waals surface area contributed by atoms with Crippen molar-refractivity contribution in [1.29, 1.82) is 0 Å². The Kier molecular flexibility index (Phi) is 3.76. The van der Waals surface area contributed by atoms with Gasteiger partial charge in [-0.25, -0.2) is 0 Å². The van der Waals surface area contributed by atoms with Gasteiger partial charge in [-0.15, -0.1) is 0 Å². The van der Waals surface area contributed by atoms with E-state index in [4.69, 9.17) is 0 Å². The minimum absolute atomic E-state index is 0.294. The van der Waals surface area contributed by atoms with E-state index in [9.17, 15) is 0 Å². The lowest BCUT2D eigenvalue weighted by Gasteiger charge is -2.57. The Morgan fingerprint density at radius 3 is 2.53 bits per heavy atom. The van der Waals surface area contributed by atoms with E-state index >= 15 is 0 Å². The third-order valence-corrected chi connectivity index (χ3v) is 5.38. The topological polar surface area (TPSA) is 0 Å². The predicted octanol–water partition coefficient (Wildman–Crippen LogP) is 5.34. The van der Waals surface area contributed by atoms with Crippen LogP contribution in [0.5, 0.6) is 0 Å². The van der Waals surface area contributed by atoms with Gasteiger partial charge in [-0.2, -0.15) is 0 Å². The van der Waals surface area contributed by atoms with Crippen molar-refractivity contribution in [2.45, 2.75) is 74.9 Å². The van der Waals surface area contributed by atoms with Gasteiger partial charge in [0.25, 0.3) is 0 Å². The van der Waals surface area contributed by atoms with E-state index in [0.717, 1.165) is 0 Å². The smallest absolute Gasteiger partial charge is 0.0893 e. The van der Waals surface area contributed by atoms with Gasteiger partial charge in [-0.1, -0.05) is 74.3 Å². The van der Waals surface area contributed by atoms with E-state index in [1.807, 2.05) is 0 Å². The molecule has 1 fully saturated rings. The molecule has 0 aliphatic heterocycles. The average molecular weight is 343 g/mol. The summed E-state index contributed by atoms with van der Waals surface area (Å²) >= 11 is 2.60. The van der Waals surface area contributed by atoms with Gasteiger partial charge in [-0.3, -0.25) is 0 Å². The number of fused-ring (bicyclic) bond motifs is 1. The number of allylic oxidation sites excluding steroid dienone is 2. The van der Waals surface area contributed by atoms with Gasteiger partial charge in [0.15, 0.2) is 0 Å². The molecule has 0 N–H and O–H groups in total. The third kappa shape index (κ3) is 2.48. The molecule has 0 spiro atoms. The zero-order valence-corrected chi connectivity index (χ0v) is 13.9. The number of rotatable bonds is 2. The van der Waals surface area contributed by atoms with Gasteiger partial charge in [0.05, 0.1) is 0 Å². The number of hydrogen-bond donors (Lipinski definition) is 0. The zero-order chi connectivity index (χ0) is 12.7. The molecule has 0 bridgehead atoms. The fourth-order valence-corrected chi connectivity index (χ4v) is 4.73. The van der Waals surface area contributed by atoms with Crippen molar-refractivity contribution in [3.8, 4) is 0 Å². The van der Waals surface area contributed by atoms with Gasteiger partial charge in [0.1, 0.15) is 7.28 Å². The standard InChI is InChI=1S/C15H25BI/c1-12-8-7-10-14(4)9-5-6-11-15(12,14)16-13(2,3)17/h8H,5-7,9-11H2,1-4H3/t14?,15-/m1/s1. The first kappa shape index (κ1) is 14.0. The molecule has 0 amide bonds. The molecule has 0 nitrogen and oxygen atoms in total. The molecule has 2 heteroatoms. The molecule has 1 radical (unpaired) electrons. The van der Waals surface area contributed by atoms with Crippen LogP contribution < -0.4 is 0 Å². The molecule has 2 rings (SSSR count). The molecule has 2 aliphatic rings. The van der Waals surface area contributed by atoms with Crippen LogP contribution in [0.15, 0.2) is 11.6 Å². The van der Waals surface area contributed by atoms with Crippen LogP contribution in [0.1, 0.15) is 66.2 Å². The van der Waals surface area contributed by atoms with E-state index in [-0.39, 0.29) is 0 Å². The predicted molar refractivity (Wildman–Crippen MR) is 86.1 cm³/mol. The maximum atomic E-state index is 2.67. The highest BCUT2D eigenvalue weighted by Gasteiger charge is 2.53. The molecule has 0 aromatic rings. The molecule has 17 heavy (non-hydrogen) atoms. The Balaban J connectivity index is 2.40. The number of hydrogen-bond acceptors (Lipinski definition) is 0. The van der Waals surface area contributed by atoms with Gasteiger partial charge < -0.3 is 0 Å². The molecule has 0 aromatic carbocycles. The first-order chi connectivity index (χ1) is 7.79. The summed E-state index contributed by atoms with van der Waals surface area (Å²) in [5, 5.41) is 0.383. The molecule has 0 saturated heterocycles. The molecule has 1 saturated carbocycles. The highest BCUT2D eigenvalue weighted by Crippen LogP contribution is 2.65. The minimum atomic E-state index is 0.294. The van der Waals surface area contributed by atoms with Crippen LogP contribution in [0.25, 0.3) is 0 Å². The van der Waals surface area contributed by atoms with Crippen LogP contribution in [0.3, 0.4) is 0 Å². The Morgan fingerprint density at radius 1 is 1.24 bits per heavy atom. The Labute approximate surface area is 121 Å². The molecule has 2 aliphatic carbocycles. The van der Waals surface area contributed by atoms with E-state index in [0.29, 0.717) is 14.1 Å². The first-order valence-corrected chi connectivity index (χ1v) is 8.10. The molecule has 0 aromatic heterocycles. The summed E-state index contributed by atoms with van der Waals surface area (Å²) in [6.45, 7) is 9.61. The van der Waals surface area contributed by atoms with Crippen molar-refractivity contribution in [2.24, 2.45) is 5.41 Å². The van der Waals surface area contributed by atoms with E-state index in [1.165, 1.54) is 38.5 Å². The lowest BCUT2D eigenvalue weighted by molar-refractivity contribution is 0.133. The lowest BCUT2D eigenvalue weighted by Crippen LogP contribution is -2.48. The van der Waals surface area contributed by atoms with Gasteiger partial charge >= 0.3 is 0 Å². The van der Waals surface area contributed by atoms with Crippen LogP contribution in [0.4, 0.5) is 0 Å². The van der Waals surface area contributed by atoms with Crippen molar-refractivity contribution < 1.29 is 0 Å². The largest absolute Gasteiger partial charge is 0.145 e. The first-order valence-electron chi connectivity index (χ1n) is 7.02. The SMILES string of the molecule is CC1=CCCC2(C)CCCC[C@@]12[B]C(C)(C)I. The van der Waals surface area contributed by atoms with Crippen molar-refractivity contribution in [2.75, 3.05) is 0 Å². The Hall–Kier alpha value is 0.535. The number of halogens is 1. The van der Waals surface area contributed by atoms with Crippen molar-refractivity contribution in [1.82, 2.24) is 0 Å². The summed E-state index contributed by atoms with van der Waals surface area (Å²) in [5.74, 6) is 0. The summed E-state index contributed by atoms with van der Waals surface area (Å²) in [6.07, 6.45) is 10.8. The highest BCUT2D eigenvalue weighted by atomic mass is 127. The summed E-state index contributed by atoms with van der Waals surface area (Å²) in [5.41, 5.74) is 2.17. The molecule has 2 atom stereocenters. The quantitative estimate of drug-likeness (QED) is 0.275.